The minimum Gasteiger partial charge on any atom is -0.492 e. The first kappa shape index (κ1) is 15.7. The standard InChI is InChI=1S/C17H21ClN2O/c1-13-4-5-14(18)12-17(13)19-15-6-8-16(9-7-15)21-11-10-20(2)3/h4-9,12,19H,10-11H2,1-3H3. The summed E-state index contributed by atoms with van der Waals surface area (Å²) in [4.78, 5) is 2.10. The number of hydrogen-bond donors (Lipinski definition) is 1. The number of aryl methyl sites for hydroxylation is 1. The zero-order chi connectivity index (χ0) is 15.2. The Morgan fingerprint density at radius 1 is 1.10 bits per heavy atom. The van der Waals surface area contributed by atoms with Crippen molar-refractivity contribution in [1.82, 2.24) is 4.90 Å². The second kappa shape index (κ2) is 7.34. The molecule has 2 aromatic carbocycles. The molecule has 112 valence electrons. The van der Waals surface area contributed by atoms with E-state index >= 15 is 0 Å². The highest BCUT2D eigenvalue weighted by molar-refractivity contribution is 6.30. The lowest BCUT2D eigenvalue weighted by Crippen LogP contribution is -2.19. The predicted molar refractivity (Wildman–Crippen MR) is 90.0 cm³/mol. The molecule has 0 radical (unpaired) electrons. The molecule has 0 bridgehead atoms. The summed E-state index contributed by atoms with van der Waals surface area (Å²) in [5.41, 5.74) is 3.19. The Hall–Kier alpha value is -1.71. The van der Waals surface area contributed by atoms with Gasteiger partial charge in [0.2, 0.25) is 0 Å². The van der Waals surface area contributed by atoms with Gasteiger partial charge in [-0.15, -0.1) is 0 Å². The highest BCUT2D eigenvalue weighted by Gasteiger charge is 2.01. The molecule has 0 amide bonds. The lowest BCUT2D eigenvalue weighted by molar-refractivity contribution is 0.261. The van der Waals surface area contributed by atoms with Crippen molar-refractivity contribution >= 4 is 23.0 Å². The molecule has 0 aliphatic heterocycles. The van der Waals surface area contributed by atoms with E-state index in [-0.39, 0.29) is 0 Å². The molecule has 2 aromatic rings. The predicted octanol–water partition coefficient (Wildman–Crippen LogP) is 4.33. The second-order valence-electron chi connectivity index (χ2n) is 5.26. The number of anilines is 2. The molecule has 3 nitrogen and oxygen atoms in total. The minimum atomic E-state index is 0.688. The van der Waals surface area contributed by atoms with Gasteiger partial charge in [0.05, 0.1) is 0 Å². The maximum atomic E-state index is 6.03. The number of halogens is 1. The van der Waals surface area contributed by atoms with Crippen LogP contribution in [0.2, 0.25) is 5.02 Å². The molecule has 4 heteroatoms. The van der Waals surface area contributed by atoms with Crippen LogP contribution in [0.1, 0.15) is 5.56 Å². The minimum absolute atomic E-state index is 0.688. The molecule has 0 aliphatic rings. The van der Waals surface area contributed by atoms with E-state index in [1.807, 2.05) is 56.6 Å². The highest BCUT2D eigenvalue weighted by atomic mass is 35.5. The number of nitrogens with zero attached hydrogens (tertiary/aromatic N) is 1. The van der Waals surface area contributed by atoms with Crippen LogP contribution in [0.3, 0.4) is 0 Å². The van der Waals surface area contributed by atoms with E-state index in [0.29, 0.717) is 6.61 Å². The fourth-order valence-electron chi connectivity index (χ4n) is 1.86. The normalized spacial score (nSPS) is 10.7. The number of benzene rings is 2. The lowest BCUT2D eigenvalue weighted by atomic mass is 10.2. The van der Waals surface area contributed by atoms with Gasteiger partial charge in [0, 0.05) is 22.9 Å². The molecular weight excluding hydrogens is 284 g/mol. The van der Waals surface area contributed by atoms with Gasteiger partial charge in [-0.2, -0.15) is 0 Å². The van der Waals surface area contributed by atoms with Gasteiger partial charge in [-0.1, -0.05) is 17.7 Å². The van der Waals surface area contributed by atoms with Crippen molar-refractivity contribution in [2.45, 2.75) is 6.92 Å². The van der Waals surface area contributed by atoms with Crippen LogP contribution in [0.25, 0.3) is 0 Å². The third-order valence-electron chi connectivity index (χ3n) is 3.14. The fraction of sp³-hybridized carbons (Fsp3) is 0.294. The lowest BCUT2D eigenvalue weighted by Gasteiger charge is -2.12. The van der Waals surface area contributed by atoms with Gasteiger partial charge in [0.25, 0.3) is 0 Å². The summed E-state index contributed by atoms with van der Waals surface area (Å²) in [6, 6.07) is 13.8. The van der Waals surface area contributed by atoms with Crippen molar-refractivity contribution in [3.05, 3.63) is 53.1 Å². The van der Waals surface area contributed by atoms with Crippen LogP contribution in [0.4, 0.5) is 11.4 Å². The van der Waals surface area contributed by atoms with E-state index in [9.17, 15) is 0 Å². The molecule has 0 saturated heterocycles. The summed E-state index contributed by atoms with van der Waals surface area (Å²) in [5, 5.41) is 4.09. The first-order valence-electron chi connectivity index (χ1n) is 6.95. The Balaban J connectivity index is 1.97. The van der Waals surface area contributed by atoms with E-state index < -0.39 is 0 Å². The monoisotopic (exact) mass is 304 g/mol. The first-order valence-corrected chi connectivity index (χ1v) is 7.33. The Kier molecular flexibility index (Phi) is 5.48. The van der Waals surface area contributed by atoms with Gasteiger partial charge in [0.15, 0.2) is 0 Å². The Morgan fingerprint density at radius 2 is 1.81 bits per heavy atom. The van der Waals surface area contributed by atoms with Crippen LogP contribution in [0.15, 0.2) is 42.5 Å². The SMILES string of the molecule is Cc1ccc(Cl)cc1Nc1ccc(OCCN(C)C)cc1. The molecular formula is C17H21ClN2O. The first-order chi connectivity index (χ1) is 10.0. The average Bonchev–Trinajstić information content (AvgIpc) is 2.44. The van der Waals surface area contributed by atoms with E-state index in [0.717, 1.165) is 34.3 Å². The largest absolute Gasteiger partial charge is 0.492 e. The quantitative estimate of drug-likeness (QED) is 0.859. The molecule has 0 atom stereocenters. The molecule has 0 aromatic heterocycles. The molecule has 0 spiro atoms. The van der Waals surface area contributed by atoms with Crippen molar-refractivity contribution in [1.29, 1.82) is 0 Å². The van der Waals surface area contributed by atoms with E-state index in [4.69, 9.17) is 16.3 Å². The summed E-state index contributed by atoms with van der Waals surface area (Å²) >= 11 is 6.03. The molecule has 1 N–H and O–H groups in total. The second-order valence-corrected chi connectivity index (χ2v) is 5.70. The van der Waals surface area contributed by atoms with Crippen LogP contribution in [0.5, 0.6) is 5.75 Å². The third kappa shape index (κ3) is 4.96. The van der Waals surface area contributed by atoms with Crippen molar-refractivity contribution < 1.29 is 4.74 Å². The number of likely N-dealkylation sites (N-methyl/N-ethyl adjacent to an activating group) is 1. The Labute approximate surface area is 131 Å². The molecule has 2 rings (SSSR count). The molecule has 0 unspecified atom stereocenters. The molecule has 0 aliphatic carbocycles. The smallest absolute Gasteiger partial charge is 0.119 e. The van der Waals surface area contributed by atoms with Gasteiger partial charge < -0.3 is 15.0 Å². The van der Waals surface area contributed by atoms with Gasteiger partial charge in [-0.3, -0.25) is 0 Å². The Bertz CT molecular complexity index is 582. The highest BCUT2D eigenvalue weighted by Crippen LogP contribution is 2.25. The average molecular weight is 305 g/mol. The van der Waals surface area contributed by atoms with Crippen molar-refractivity contribution in [3.63, 3.8) is 0 Å². The van der Waals surface area contributed by atoms with Gasteiger partial charge in [-0.05, 0) is 63.0 Å². The van der Waals surface area contributed by atoms with Crippen molar-refractivity contribution in [3.8, 4) is 5.75 Å². The number of nitrogens with one attached hydrogen (secondary N) is 1. The third-order valence-corrected chi connectivity index (χ3v) is 3.38. The van der Waals surface area contributed by atoms with Crippen molar-refractivity contribution in [2.75, 3.05) is 32.6 Å². The Morgan fingerprint density at radius 3 is 2.48 bits per heavy atom. The maximum Gasteiger partial charge on any atom is 0.119 e. The van der Waals surface area contributed by atoms with Crippen LogP contribution in [-0.4, -0.2) is 32.1 Å². The number of rotatable bonds is 6. The van der Waals surface area contributed by atoms with Crippen molar-refractivity contribution in [2.24, 2.45) is 0 Å². The van der Waals surface area contributed by atoms with Gasteiger partial charge >= 0.3 is 0 Å². The van der Waals surface area contributed by atoms with Crippen LogP contribution in [-0.2, 0) is 0 Å². The summed E-state index contributed by atoms with van der Waals surface area (Å²) < 4.78 is 5.67. The van der Waals surface area contributed by atoms with E-state index in [1.165, 1.54) is 0 Å². The zero-order valence-electron chi connectivity index (χ0n) is 12.7. The number of hydrogen-bond acceptors (Lipinski definition) is 3. The fourth-order valence-corrected chi connectivity index (χ4v) is 2.04. The van der Waals surface area contributed by atoms with Crippen LogP contribution in [0, 0.1) is 6.92 Å². The summed E-state index contributed by atoms with van der Waals surface area (Å²) in [6.07, 6.45) is 0. The van der Waals surface area contributed by atoms with E-state index in [2.05, 4.69) is 17.1 Å². The summed E-state index contributed by atoms with van der Waals surface area (Å²) in [7, 11) is 4.06. The number of ether oxygens (including phenoxy) is 1. The molecule has 21 heavy (non-hydrogen) atoms. The summed E-state index contributed by atoms with van der Waals surface area (Å²) in [5.74, 6) is 0.880. The van der Waals surface area contributed by atoms with E-state index in [1.54, 1.807) is 0 Å². The summed E-state index contributed by atoms with van der Waals surface area (Å²) in [6.45, 7) is 3.65. The van der Waals surface area contributed by atoms with Gasteiger partial charge in [0.1, 0.15) is 12.4 Å². The van der Waals surface area contributed by atoms with Crippen LogP contribution >= 0.6 is 11.6 Å². The molecule has 0 saturated carbocycles. The molecule has 0 fully saturated rings. The topological polar surface area (TPSA) is 24.5 Å². The maximum absolute atomic E-state index is 6.03. The van der Waals surface area contributed by atoms with Gasteiger partial charge in [-0.25, -0.2) is 0 Å². The zero-order valence-corrected chi connectivity index (χ0v) is 13.4. The molecule has 0 heterocycles. The van der Waals surface area contributed by atoms with Crippen LogP contribution < -0.4 is 10.1 Å².